The first kappa shape index (κ1) is 20.2. The molecule has 1 aliphatic heterocycles. The van der Waals surface area contributed by atoms with Crippen LogP contribution in [0.3, 0.4) is 0 Å². The first-order valence-corrected chi connectivity index (χ1v) is 10.5. The van der Waals surface area contributed by atoms with Gasteiger partial charge in [0, 0.05) is 30.8 Å². The lowest BCUT2D eigenvalue weighted by Gasteiger charge is -2.30. The quantitative estimate of drug-likeness (QED) is 0.663. The molecule has 0 saturated carbocycles. The molecule has 1 aliphatic rings. The van der Waals surface area contributed by atoms with Gasteiger partial charge >= 0.3 is 0 Å². The molecule has 3 aromatic rings. The van der Waals surface area contributed by atoms with Crippen LogP contribution in [0, 0.1) is 0 Å². The smallest absolute Gasteiger partial charge is 0.274 e. The Morgan fingerprint density at radius 2 is 2.20 bits per heavy atom. The fourth-order valence-corrected chi connectivity index (χ4v) is 3.90. The third-order valence-corrected chi connectivity index (χ3v) is 5.63. The Morgan fingerprint density at radius 3 is 2.97 bits per heavy atom. The predicted molar refractivity (Wildman–Crippen MR) is 113 cm³/mol. The third-order valence-electron chi connectivity index (χ3n) is 5.63. The summed E-state index contributed by atoms with van der Waals surface area (Å²) in [6.07, 6.45) is 4.28. The molecule has 0 aliphatic carbocycles. The van der Waals surface area contributed by atoms with E-state index in [1.54, 1.807) is 13.3 Å². The molecule has 1 N–H and O–H groups in total. The fourth-order valence-electron chi connectivity index (χ4n) is 3.90. The summed E-state index contributed by atoms with van der Waals surface area (Å²) in [4.78, 5) is 19.3. The van der Waals surface area contributed by atoms with Crippen LogP contribution in [0.4, 0.5) is 0 Å². The third kappa shape index (κ3) is 4.25. The van der Waals surface area contributed by atoms with Crippen molar-refractivity contribution < 1.29 is 13.9 Å². The molecule has 3 heterocycles. The molecule has 1 fully saturated rings. The molecule has 1 amide bonds. The van der Waals surface area contributed by atoms with E-state index < -0.39 is 0 Å². The molecule has 30 heavy (non-hydrogen) atoms. The minimum absolute atomic E-state index is 0.0383. The van der Waals surface area contributed by atoms with Crippen molar-refractivity contribution in [1.29, 1.82) is 0 Å². The molecule has 4 rings (SSSR count). The summed E-state index contributed by atoms with van der Waals surface area (Å²) in [6.45, 7) is 5.47. The summed E-state index contributed by atoms with van der Waals surface area (Å²) < 4.78 is 11.5. The molecule has 2 aromatic heterocycles. The number of rotatable bonds is 6. The molecule has 0 spiro atoms. The van der Waals surface area contributed by atoms with Gasteiger partial charge in [0.2, 0.25) is 0 Å². The van der Waals surface area contributed by atoms with Gasteiger partial charge in [-0.1, -0.05) is 32.0 Å². The first-order valence-electron chi connectivity index (χ1n) is 10.5. The van der Waals surface area contributed by atoms with Crippen molar-refractivity contribution in [3.8, 4) is 5.75 Å². The van der Waals surface area contributed by atoms with Gasteiger partial charge in [-0.3, -0.25) is 9.89 Å². The van der Waals surface area contributed by atoms with Gasteiger partial charge < -0.3 is 14.1 Å². The van der Waals surface area contributed by atoms with E-state index in [4.69, 9.17) is 9.15 Å². The van der Waals surface area contributed by atoms with Crippen molar-refractivity contribution in [3.05, 3.63) is 65.1 Å². The maximum atomic E-state index is 12.9. The lowest BCUT2D eigenvalue weighted by molar-refractivity contribution is 0.0692. The standard InChI is InChI=1S/C23H28N4O3/c1-15(2)19-12-20(26-25-19)23(28)27-10-6-8-17(14-27)22-24-13-18(30-22)11-16-7-4-5-9-21(16)29-3/h4-5,7,9,12-13,15,17H,6,8,10-11,14H2,1-3H3,(H,25,26)/t17-/m1/s1. The number of aromatic nitrogens is 3. The number of nitrogens with zero attached hydrogens (tertiary/aromatic N) is 3. The largest absolute Gasteiger partial charge is 0.496 e. The van der Waals surface area contributed by atoms with Gasteiger partial charge in [0.15, 0.2) is 5.89 Å². The second kappa shape index (κ2) is 8.73. The van der Waals surface area contributed by atoms with E-state index in [0.29, 0.717) is 30.5 Å². The number of hydrogen-bond acceptors (Lipinski definition) is 5. The van der Waals surface area contributed by atoms with Crippen molar-refractivity contribution in [1.82, 2.24) is 20.1 Å². The number of likely N-dealkylation sites (tertiary alicyclic amines) is 1. The molecule has 0 bridgehead atoms. The number of nitrogens with one attached hydrogen (secondary N) is 1. The van der Waals surface area contributed by atoms with E-state index in [0.717, 1.165) is 42.2 Å². The van der Waals surface area contributed by atoms with Gasteiger partial charge in [0.25, 0.3) is 5.91 Å². The van der Waals surface area contributed by atoms with Crippen LogP contribution in [0.1, 0.15) is 71.9 Å². The van der Waals surface area contributed by atoms with Crippen LogP contribution in [-0.2, 0) is 6.42 Å². The molecular formula is C23H28N4O3. The van der Waals surface area contributed by atoms with Gasteiger partial charge in [-0.05, 0) is 30.9 Å². The predicted octanol–water partition coefficient (Wildman–Crippen LogP) is 4.14. The maximum absolute atomic E-state index is 12.9. The lowest BCUT2D eigenvalue weighted by Crippen LogP contribution is -2.39. The molecule has 1 atom stereocenters. The molecule has 7 nitrogen and oxygen atoms in total. The average Bonchev–Trinajstić information content (AvgIpc) is 3.44. The molecule has 158 valence electrons. The number of H-pyrrole nitrogens is 1. The van der Waals surface area contributed by atoms with E-state index in [1.165, 1.54) is 0 Å². The average molecular weight is 409 g/mol. The van der Waals surface area contributed by atoms with Crippen LogP contribution in [0.15, 0.2) is 40.9 Å². The highest BCUT2D eigenvalue weighted by atomic mass is 16.5. The zero-order valence-corrected chi connectivity index (χ0v) is 17.7. The van der Waals surface area contributed by atoms with Gasteiger partial charge in [0.1, 0.15) is 17.2 Å². The summed E-state index contributed by atoms with van der Waals surface area (Å²) >= 11 is 0. The molecular weight excluding hydrogens is 380 g/mol. The number of benzene rings is 1. The Bertz CT molecular complexity index is 1010. The minimum atomic E-state index is -0.0383. The van der Waals surface area contributed by atoms with E-state index in [1.807, 2.05) is 35.2 Å². The summed E-state index contributed by atoms with van der Waals surface area (Å²) in [6, 6.07) is 9.76. The minimum Gasteiger partial charge on any atom is -0.496 e. The summed E-state index contributed by atoms with van der Waals surface area (Å²) in [7, 11) is 1.67. The SMILES string of the molecule is COc1ccccc1Cc1cnc([C@@H]2CCCN(C(=O)c3cc(C(C)C)[nH]n3)C2)o1. The Morgan fingerprint density at radius 1 is 1.37 bits per heavy atom. The van der Waals surface area contributed by atoms with Crippen LogP contribution < -0.4 is 4.74 Å². The molecule has 1 aromatic carbocycles. The summed E-state index contributed by atoms with van der Waals surface area (Å²) in [5, 5.41) is 7.18. The van der Waals surface area contributed by atoms with Crippen LogP contribution in [0.25, 0.3) is 0 Å². The Kier molecular flexibility index (Phi) is 5.88. The Balaban J connectivity index is 1.44. The van der Waals surface area contributed by atoms with Crippen molar-refractivity contribution in [2.75, 3.05) is 20.2 Å². The number of piperidine rings is 1. The van der Waals surface area contributed by atoms with Gasteiger partial charge in [-0.15, -0.1) is 0 Å². The van der Waals surface area contributed by atoms with Crippen LogP contribution in [0.2, 0.25) is 0 Å². The fraction of sp³-hybridized carbons (Fsp3) is 0.435. The maximum Gasteiger partial charge on any atom is 0.274 e. The zero-order valence-electron chi connectivity index (χ0n) is 17.7. The summed E-state index contributed by atoms with van der Waals surface area (Å²) in [5.74, 6) is 2.70. The molecule has 1 saturated heterocycles. The zero-order chi connectivity index (χ0) is 21.1. The number of ether oxygens (including phenoxy) is 1. The number of carbonyl (C=O) groups excluding carboxylic acids is 1. The Labute approximate surface area is 176 Å². The van der Waals surface area contributed by atoms with Crippen LogP contribution >= 0.6 is 0 Å². The van der Waals surface area contributed by atoms with Gasteiger partial charge in [-0.2, -0.15) is 5.10 Å². The second-order valence-electron chi connectivity index (χ2n) is 8.11. The monoisotopic (exact) mass is 408 g/mol. The lowest BCUT2D eigenvalue weighted by atomic mass is 9.97. The molecule has 0 radical (unpaired) electrons. The highest BCUT2D eigenvalue weighted by Gasteiger charge is 2.29. The molecule has 7 heteroatoms. The van der Waals surface area contributed by atoms with E-state index in [2.05, 4.69) is 29.0 Å². The number of hydrogen-bond donors (Lipinski definition) is 1. The highest BCUT2D eigenvalue weighted by molar-refractivity contribution is 5.92. The molecule has 0 unspecified atom stereocenters. The number of methoxy groups -OCH3 is 1. The second-order valence-corrected chi connectivity index (χ2v) is 8.11. The topological polar surface area (TPSA) is 84.2 Å². The Hall–Kier alpha value is -3.09. The van der Waals surface area contributed by atoms with E-state index in [-0.39, 0.29) is 11.8 Å². The number of oxazole rings is 1. The van der Waals surface area contributed by atoms with Gasteiger partial charge in [0.05, 0.1) is 19.2 Å². The van der Waals surface area contributed by atoms with Crippen molar-refractivity contribution in [2.45, 2.75) is 44.9 Å². The first-order chi connectivity index (χ1) is 14.5. The number of aromatic amines is 1. The summed E-state index contributed by atoms with van der Waals surface area (Å²) in [5.41, 5.74) is 2.51. The number of amides is 1. The van der Waals surface area contributed by atoms with E-state index >= 15 is 0 Å². The normalized spacial score (nSPS) is 16.8. The van der Waals surface area contributed by atoms with Crippen LogP contribution in [0.5, 0.6) is 5.75 Å². The number of para-hydroxylation sites is 1. The van der Waals surface area contributed by atoms with E-state index in [9.17, 15) is 4.79 Å². The van der Waals surface area contributed by atoms with Crippen molar-refractivity contribution >= 4 is 5.91 Å². The van der Waals surface area contributed by atoms with Crippen molar-refractivity contribution in [2.24, 2.45) is 0 Å². The van der Waals surface area contributed by atoms with Gasteiger partial charge in [-0.25, -0.2) is 4.98 Å². The van der Waals surface area contributed by atoms with Crippen molar-refractivity contribution in [3.63, 3.8) is 0 Å². The highest BCUT2D eigenvalue weighted by Crippen LogP contribution is 2.29. The number of carbonyl (C=O) groups is 1. The van der Waals surface area contributed by atoms with Crippen LogP contribution in [-0.4, -0.2) is 46.2 Å².